The fourth-order valence-electron chi connectivity index (χ4n) is 3.23. The summed E-state index contributed by atoms with van der Waals surface area (Å²) in [6.07, 6.45) is 3.24. The van der Waals surface area contributed by atoms with Crippen molar-refractivity contribution < 1.29 is 14.3 Å². The standard InChI is InChI=1S/C22H27NO3/c1-4-25-21-13-18-12-16(3)26-20(18)14-19(21)23-22(24)7-5-6-17-10-8-15(2)9-11-17/h8-11,13-14,16H,4-7,12H2,1-3H3,(H,23,24). The van der Waals surface area contributed by atoms with Gasteiger partial charge in [-0.05, 0) is 45.2 Å². The third kappa shape index (κ3) is 4.57. The van der Waals surface area contributed by atoms with E-state index in [1.165, 1.54) is 11.1 Å². The molecule has 0 aliphatic carbocycles. The van der Waals surface area contributed by atoms with Gasteiger partial charge < -0.3 is 14.8 Å². The highest BCUT2D eigenvalue weighted by atomic mass is 16.5. The molecule has 0 aromatic heterocycles. The van der Waals surface area contributed by atoms with Crippen LogP contribution >= 0.6 is 0 Å². The molecule has 1 amide bonds. The summed E-state index contributed by atoms with van der Waals surface area (Å²) in [5.41, 5.74) is 4.35. The first-order chi connectivity index (χ1) is 12.5. The van der Waals surface area contributed by atoms with Gasteiger partial charge in [-0.1, -0.05) is 29.8 Å². The number of carbonyl (C=O) groups excluding carboxylic acids is 1. The number of nitrogens with one attached hydrogen (secondary N) is 1. The largest absolute Gasteiger partial charge is 0.492 e. The molecule has 2 aromatic carbocycles. The molecule has 0 saturated heterocycles. The van der Waals surface area contributed by atoms with E-state index in [0.29, 0.717) is 18.7 Å². The molecule has 26 heavy (non-hydrogen) atoms. The molecule has 0 fully saturated rings. The van der Waals surface area contributed by atoms with Crippen LogP contribution in [0.5, 0.6) is 11.5 Å². The predicted molar refractivity (Wildman–Crippen MR) is 104 cm³/mol. The first-order valence-corrected chi connectivity index (χ1v) is 9.37. The molecular weight excluding hydrogens is 326 g/mol. The third-order valence-electron chi connectivity index (χ3n) is 4.56. The number of hydrogen-bond acceptors (Lipinski definition) is 3. The highest BCUT2D eigenvalue weighted by Gasteiger charge is 2.22. The molecule has 2 aromatic rings. The quantitative estimate of drug-likeness (QED) is 0.786. The molecule has 4 nitrogen and oxygen atoms in total. The zero-order chi connectivity index (χ0) is 18.5. The van der Waals surface area contributed by atoms with Gasteiger partial charge in [-0.25, -0.2) is 0 Å². The lowest BCUT2D eigenvalue weighted by Crippen LogP contribution is -2.13. The van der Waals surface area contributed by atoms with E-state index in [4.69, 9.17) is 9.47 Å². The lowest BCUT2D eigenvalue weighted by Gasteiger charge is -2.13. The van der Waals surface area contributed by atoms with Gasteiger partial charge in [0, 0.05) is 24.5 Å². The summed E-state index contributed by atoms with van der Waals surface area (Å²) < 4.78 is 11.5. The first-order valence-electron chi connectivity index (χ1n) is 9.37. The SMILES string of the molecule is CCOc1cc2c(cc1NC(=O)CCCc1ccc(C)cc1)OC(C)C2. The Morgan fingerprint density at radius 1 is 1.27 bits per heavy atom. The Hall–Kier alpha value is -2.49. The van der Waals surface area contributed by atoms with Crippen molar-refractivity contribution in [1.82, 2.24) is 0 Å². The maximum absolute atomic E-state index is 12.4. The van der Waals surface area contributed by atoms with E-state index in [2.05, 4.69) is 36.5 Å². The van der Waals surface area contributed by atoms with Crippen LogP contribution in [-0.4, -0.2) is 18.6 Å². The fourth-order valence-corrected chi connectivity index (χ4v) is 3.23. The first kappa shape index (κ1) is 18.3. The van der Waals surface area contributed by atoms with Crippen molar-refractivity contribution >= 4 is 11.6 Å². The minimum atomic E-state index is 0.00376. The van der Waals surface area contributed by atoms with Gasteiger partial charge in [0.15, 0.2) is 0 Å². The monoisotopic (exact) mass is 353 g/mol. The summed E-state index contributed by atoms with van der Waals surface area (Å²) in [6.45, 7) is 6.63. The lowest BCUT2D eigenvalue weighted by molar-refractivity contribution is -0.116. The van der Waals surface area contributed by atoms with Crippen LogP contribution in [0, 0.1) is 6.92 Å². The van der Waals surface area contributed by atoms with Crippen LogP contribution in [0.25, 0.3) is 0 Å². The van der Waals surface area contributed by atoms with Crippen molar-refractivity contribution in [3.63, 3.8) is 0 Å². The summed E-state index contributed by atoms with van der Waals surface area (Å²) in [6, 6.07) is 12.3. The molecule has 1 N–H and O–H groups in total. The summed E-state index contributed by atoms with van der Waals surface area (Å²) in [7, 11) is 0. The van der Waals surface area contributed by atoms with Crippen LogP contribution in [0.4, 0.5) is 5.69 Å². The van der Waals surface area contributed by atoms with E-state index in [1.807, 2.05) is 26.0 Å². The van der Waals surface area contributed by atoms with Crippen LogP contribution in [0.1, 0.15) is 43.4 Å². The van der Waals surface area contributed by atoms with E-state index in [0.717, 1.165) is 36.3 Å². The minimum Gasteiger partial charge on any atom is -0.492 e. The molecule has 0 saturated carbocycles. The Kier molecular flexibility index (Phi) is 5.82. The number of carbonyl (C=O) groups is 1. The topological polar surface area (TPSA) is 47.6 Å². The van der Waals surface area contributed by atoms with Gasteiger partial charge in [0.2, 0.25) is 5.91 Å². The summed E-state index contributed by atoms with van der Waals surface area (Å²) in [5.74, 6) is 1.57. The van der Waals surface area contributed by atoms with Crippen molar-refractivity contribution in [3.8, 4) is 11.5 Å². The molecule has 1 atom stereocenters. The maximum Gasteiger partial charge on any atom is 0.224 e. The van der Waals surface area contributed by atoms with Crippen molar-refractivity contribution in [2.45, 2.75) is 52.6 Å². The van der Waals surface area contributed by atoms with Crippen molar-refractivity contribution in [1.29, 1.82) is 0 Å². The molecule has 1 aliphatic heterocycles. The second-order valence-corrected chi connectivity index (χ2v) is 6.91. The fraction of sp³-hybridized carbons (Fsp3) is 0.409. The highest BCUT2D eigenvalue weighted by molar-refractivity contribution is 5.92. The van der Waals surface area contributed by atoms with Gasteiger partial charge in [0.05, 0.1) is 12.3 Å². The normalized spacial score (nSPS) is 15.3. The zero-order valence-corrected chi connectivity index (χ0v) is 15.8. The number of hydrogen-bond donors (Lipinski definition) is 1. The highest BCUT2D eigenvalue weighted by Crippen LogP contribution is 2.38. The van der Waals surface area contributed by atoms with Crippen LogP contribution in [0.15, 0.2) is 36.4 Å². The average molecular weight is 353 g/mol. The van der Waals surface area contributed by atoms with Crippen LogP contribution in [0.2, 0.25) is 0 Å². The van der Waals surface area contributed by atoms with Crippen molar-refractivity contribution in [3.05, 3.63) is 53.1 Å². The molecule has 1 unspecified atom stereocenters. The number of rotatable bonds is 7. The Balaban J connectivity index is 1.59. The van der Waals surface area contributed by atoms with Crippen molar-refractivity contribution in [2.24, 2.45) is 0 Å². The average Bonchev–Trinajstić information content (AvgIpc) is 2.96. The summed E-state index contributed by atoms with van der Waals surface area (Å²) in [5, 5.41) is 2.99. The smallest absolute Gasteiger partial charge is 0.224 e. The second-order valence-electron chi connectivity index (χ2n) is 6.91. The van der Waals surface area contributed by atoms with Crippen LogP contribution in [-0.2, 0) is 17.6 Å². The number of aryl methyl sites for hydroxylation is 2. The van der Waals surface area contributed by atoms with Gasteiger partial charge in [0.1, 0.15) is 17.6 Å². The zero-order valence-electron chi connectivity index (χ0n) is 15.8. The second kappa shape index (κ2) is 8.26. The van der Waals surface area contributed by atoms with Gasteiger partial charge in [-0.2, -0.15) is 0 Å². The van der Waals surface area contributed by atoms with Gasteiger partial charge in [0.25, 0.3) is 0 Å². The maximum atomic E-state index is 12.4. The molecule has 0 radical (unpaired) electrons. The van der Waals surface area contributed by atoms with E-state index in [1.54, 1.807) is 0 Å². The molecule has 1 aliphatic rings. The summed E-state index contributed by atoms with van der Waals surface area (Å²) >= 11 is 0. The predicted octanol–water partition coefficient (Wildman–Crippen LogP) is 4.68. The molecule has 0 bridgehead atoms. The van der Waals surface area contributed by atoms with E-state index in [-0.39, 0.29) is 12.0 Å². The Morgan fingerprint density at radius 2 is 2.04 bits per heavy atom. The van der Waals surface area contributed by atoms with Crippen LogP contribution < -0.4 is 14.8 Å². The number of benzene rings is 2. The molecule has 138 valence electrons. The molecular formula is C22H27NO3. The molecule has 1 heterocycles. The number of amides is 1. The Bertz CT molecular complexity index is 768. The van der Waals surface area contributed by atoms with E-state index < -0.39 is 0 Å². The molecule has 4 heteroatoms. The number of fused-ring (bicyclic) bond motifs is 1. The number of anilines is 1. The van der Waals surface area contributed by atoms with Gasteiger partial charge in [-0.15, -0.1) is 0 Å². The number of ether oxygens (including phenoxy) is 2. The molecule has 3 rings (SSSR count). The van der Waals surface area contributed by atoms with Gasteiger partial charge in [-0.3, -0.25) is 4.79 Å². The summed E-state index contributed by atoms with van der Waals surface area (Å²) in [4.78, 5) is 12.4. The van der Waals surface area contributed by atoms with Crippen molar-refractivity contribution in [2.75, 3.05) is 11.9 Å². The van der Waals surface area contributed by atoms with Gasteiger partial charge >= 0.3 is 0 Å². The van der Waals surface area contributed by atoms with E-state index >= 15 is 0 Å². The Morgan fingerprint density at radius 3 is 2.77 bits per heavy atom. The van der Waals surface area contributed by atoms with E-state index in [9.17, 15) is 4.79 Å². The molecule has 0 spiro atoms. The lowest BCUT2D eigenvalue weighted by atomic mass is 10.1. The minimum absolute atomic E-state index is 0.00376. The third-order valence-corrected chi connectivity index (χ3v) is 4.56. The van der Waals surface area contributed by atoms with Crippen LogP contribution in [0.3, 0.4) is 0 Å². The Labute approximate surface area is 155 Å².